The Hall–Kier alpha value is -0.450. The first-order valence-corrected chi connectivity index (χ1v) is 7.27. The van der Waals surface area contributed by atoms with Crippen molar-refractivity contribution in [3.63, 3.8) is 0 Å². The van der Waals surface area contributed by atoms with E-state index in [2.05, 4.69) is 27.8 Å². The number of benzene rings is 1. The fourth-order valence-corrected chi connectivity index (χ4v) is 2.89. The Balaban J connectivity index is 2.00. The van der Waals surface area contributed by atoms with Gasteiger partial charge >= 0.3 is 0 Å². The van der Waals surface area contributed by atoms with Gasteiger partial charge in [-0.15, -0.1) is 0 Å². The summed E-state index contributed by atoms with van der Waals surface area (Å²) in [5.74, 6) is 0.407. The van der Waals surface area contributed by atoms with E-state index in [0.717, 1.165) is 29.5 Å². The van der Waals surface area contributed by atoms with Crippen molar-refractivity contribution in [2.24, 2.45) is 11.7 Å². The van der Waals surface area contributed by atoms with Gasteiger partial charge in [0.2, 0.25) is 0 Å². The molecule has 0 radical (unpaired) electrons. The highest BCUT2D eigenvalue weighted by Gasteiger charge is 2.23. The molecule has 2 unspecified atom stereocenters. The third kappa shape index (κ3) is 3.53. The maximum absolute atomic E-state index is 13.8. The normalized spacial score (nSPS) is 23.0. The minimum absolute atomic E-state index is 0.132. The third-order valence-electron chi connectivity index (χ3n) is 3.69. The molecule has 0 spiro atoms. The number of likely N-dealkylation sites (tertiary alicyclic amines) is 1. The van der Waals surface area contributed by atoms with Gasteiger partial charge in [0.15, 0.2) is 0 Å². The quantitative estimate of drug-likeness (QED) is 0.928. The highest BCUT2D eigenvalue weighted by atomic mass is 79.9. The summed E-state index contributed by atoms with van der Waals surface area (Å²) in [7, 11) is 0. The number of halogens is 2. The Morgan fingerprint density at radius 1 is 1.56 bits per heavy atom. The molecule has 1 aromatic rings. The summed E-state index contributed by atoms with van der Waals surface area (Å²) in [4.78, 5) is 2.31. The molecule has 0 aliphatic carbocycles. The molecule has 1 fully saturated rings. The molecule has 100 valence electrons. The Bertz CT molecular complexity index is 409. The lowest BCUT2D eigenvalue weighted by atomic mass is 9.92. The second-order valence-electron chi connectivity index (χ2n) is 5.23. The standard InChI is InChI=1S/C14H20BrFN2/c1-10(17)11-3-2-6-18(8-11)9-12-4-5-13(15)7-14(12)16/h4-5,7,10-11H,2-3,6,8-9,17H2,1H3. The largest absolute Gasteiger partial charge is 0.328 e. The lowest BCUT2D eigenvalue weighted by Gasteiger charge is -2.34. The van der Waals surface area contributed by atoms with Gasteiger partial charge in [0.25, 0.3) is 0 Å². The summed E-state index contributed by atoms with van der Waals surface area (Å²) in [5, 5.41) is 0. The van der Waals surface area contributed by atoms with Gasteiger partial charge in [0.1, 0.15) is 5.82 Å². The topological polar surface area (TPSA) is 29.3 Å². The van der Waals surface area contributed by atoms with Crippen LogP contribution in [0.5, 0.6) is 0 Å². The maximum atomic E-state index is 13.8. The highest BCUT2D eigenvalue weighted by molar-refractivity contribution is 9.10. The zero-order chi connectivity index (χ0) is 13.1. The van der Waals surface area contributed by atoms with E-state index in [1.54, 1.807) is 0 Å². The molecule has 2 rings (SSSR count). The number of nitrogens with zero attached hydrogens (tertiary/aromatic N) is 1. The fourth-order valence-electron chi connectivity index (χ4n) is 2.55. The average Bonchev–Trinajstić information content (AvgIpc) is 2.33. The third-order valence-corrected chi connectivity index (χ3v) is 4.19. The molecule has 1 saturated heterocycles. The molecule has 2 nitrogen and oxygen atoms in total. The van der Waals surface area contributed by atoms with Crippen LogP contribution in [0.1, 0.15) is 25.3 Å². The molecule has 4 heteroatoms. The first kappa shape index (κ1) is 14.0. The number of piperidine rings is 1. The molecule has 0 amide bonds. The molecule has 1 aromatic carbocycles. The van der Waals surface area contributed by atoms with Crippen molar-refractivity contribution in [2.75, 3.05) is 13.1 Å². The number of rotatable bonds is 3. The summed E-state index contributed by atoms with van der Waals surface area (Å²) < 4.78 is 14.6. The lowest BCUT2D eigenvalue weighted by molar-refractivity contribution is 0.153. The lowest BCUT2D eigenvalue weighted by Crippen LogP contribution is -2.42. The zero-order valence-electron chi connectivity index (χ0n) is 10.7. The van der Waals surface area contributed by atoms with Crippen LogP contribution in [0.4, 0.5) is 4.39 Å². The van der Waals surface area contributed by atoms with Crippen molar-refractivity contribution >= 4 is 15.9 Å². The van der Waals surface area contributed by atoms with E-state index < -0.39 is 0 Å². The summed E-state index contributed by atoms with van der Waals surface area (Å²) >= 11 is 3.28. The van der Waals surface area contributed by atoms with E-state index >= 15 is 0 Å². The van der Waals surface area contributed by atoms with Gasteiger partial charge in [0, 0.05) is 29.2 Å². The van der Waals surface area contributed by atoms with Crippen molar-refractivity contribution in [1.29, 1.82) is 0 Å². The Kier molecular flexibility index (Phi) is 4.76. The van der Waals surface area contributed by atoms with Crippen molar-refractivity contribution in [2.45, 2.75) is 32.4 Å². The average molecular weight is 315 g/mol. The van der Waals surface area contributed by atoms with Gasteiger partial charge < -0.3 is 5.73 Å². The summed E-state index contributed by atoms with van der Waals surface area (Å²) in [6.07, 6.45) is 2.35. The fraction of sp³-hybridized carbons (Fsp3) is 0.571. The SMILES string of the molecule is CC(N)C1CCCN(Cc2ccc(Br)cc2F)C1. The van der Waals surface area contributed by atoms with Crippen LogP contribution >= 0.6 is 15.9 Å². The predicted octanol–water partition coefficient (Wildman–Crippen LogP) is 3.15. The molecule has 0 aromatic heterocycles. The first-order valence-electron chi connectivity index (χ1n) is 6.48. The molecule has 0 saturated carbocycles. The van der Waals surface area contributed by atoms with Crippen LogP contribution in [0.25, 0.3) is 0 Å². The van der Waals surface area contributed by atoms with Crippen molar-refractivity contribution in [3.8, 4) is 0 Å². The van der Waals surface area contributed by atoms with E-state index in [4.69, 9.17) is 5.73 Å². The molecule has 1 aliphatic rings. The Labute approximate surface area is 116 Å². The van der Waals surface area contributed by atoms with Gasteiger partial charge in [-0.25, -0.2) is 4.39 Å². The van der Waals surface area contributed by atoms with Crippen LogP contribution in [0.3, 0.4) is 0 Å². The summed E-state index contributed by atoms with van der Waals surface area (Å²) in [6, 6.07) is 5.50. The molecular weight excluding hydrogens is 295 g/mol. The second-order valence-corrected chi connectivity index (χ2v) is 6.15. The van der Waals surface area contributed by atoms with Crippen LogP contribution in [0.2, 0.25) is 0 Å². The van der Waals surface area contributed by atoms with Crippen molar-refractivity contribution in [3.05, 3.63) is 34.1 Å². The number of hydrogen-bond donors (Lipinski definition) is 1. The Morgan fingerprint density at radius 2 is 2.33 bits per heavy atom. The van der Waals surface area contributed by atoms with Gasteiger partial charge in [0.05, 0.1) is 0 Å². The minimum Gasteiger partial charge on any atom is -0.328 e. The van der Waals surface area contributed by atoms with Gasteiger partial charge in [-0.05, 0) is 44.4 Å². The Morgan fingerprint density at radius 3 is 3.00 bits per heavy atom. The molecule has 2 atom stereocenters. The van der Waals surface area contributed by atoms with Gasteiger partial charge in [-0.2, -0.15) is 0 Å². The maximum Gasteiger partial charge on any atom is 0.128 e. The van der Waals surface area contributed by atoms with E-state index in [9.17, 15) is 4.39 Å². The van der Waals surface area contributed by atoms with Crippen LogP contribution in [0, 0.1) is 11.7 Å². The van der Waals surface area contributed by atoms with Crippen LogP contribution in [-0.2, 0) is 6.54 Å². The van der Waals surface area contributed by atoms with Crippen LogP contribution in [-0.4, -0.2) is 24.0 Å². The van der Waals surface area contributed by atoms with Gasteiger partial charge in [-0.1, -0.05) is 22.0 Å². The number of nitrogens with two attached hydrogens (primary N) is 1. The van der Waals surface area contributed by atoms with Crippen LogP contribution < -0.4 is 5.73 Å². The van der Waals surface area contributed by atoms with E-state index in [1.807, 2.05) is 12.1 Å². The van der Waals surface area contributed by atoms with Crippen LogP contribution in [0.15, 0.2) is 22.7 Å². The van der Waals surface area contributed by atoms with Gasteiger partial charge in [-0.3, -0.25) is 4.90 Å². The number of hydrogen-bond acceptors (Lipinski definition) is 2. The highest BCUT2D eigenvalue weighted by Crippen LogP contribution is 2.22. The molecule has 1 aliphatic heterocycles. The second kappa shape index (κ2) is 6.13. The monoisotopic (exact) mass is 314 g/mol. The summed E-state index contributed by atoms with van der Waals surface area (Å²) in [5.41, 5.74) is 6.73. The predicted molar refractivity (Wildman–Crippen MR) is 75.8 cm³/mol. The minimum atomic E-state index is -0.132. The van der Waals surface area contributed by atoms with E-state index in [-0.39, 0.29) is 11.9 Å². The molecular formula is C14H20BrFN2. The molecule has 18 heavy (non-hydrogen) atoms. The van der Waals surface area contributed by atoms with E-state index in [0.29, 0.717) is 12.5 Å². The smallest absolute Gasteiger partial charge is 0.128 e. The molecule has 1 heterocycles. The van der Waals surface area contributed by atoms with E-state index in [1.165, 1.54) is 12.5 Å². The molecule has 2 N–H and O–H groups in total. The zero-order valence-corrected chi connectivity index (χ0v) is 12.3. The van der Waals surface area contributed by atoms with Crippen molar-refractivity contribution in [1.82, 2.24) is 4.90 Å². The van der Waals surface area contributed by atoms with Crippen molar-refractivity contribution < 1.29 is 4.39 Å². The summed E-state index contributed by atoms with van der Waals surface area (Å²) in [6.45, 7) is 4.77. The molecule has 0 bridgehead atoms. The first-order chi connectivity index (χ1) is 8.56.